The first-order valence-corrected chi connectivity index (χ1v) is 8.15. The Kier molecular flexibility index (Phi) is 3.40. The number of aromatic nitrogens is 1. The number of para-hydroxylation sites is 1. The molecule has 1 aromatic heterocycles. The maximum atomic E-state index is 9.57. The largest absolute Gasteiger partial charge is 0.652 e. The molecule has 3 heteroatoms. The summed E-state index contributed by atoms with van der Waals surface area (Å²) >= 11 is 0. The van der Waals surface area contributed by atoms with E-state index in [4.69, 9.17) is 4.98 Å². The van der Waals surface area contributed by atoms with Crippen LogP contribution in [0, 0.1) is 11.8 Å². The first-order valence-electron chi connectivity index (χ1n) is 8.15. The van der Waals surface area contributed by atoms with Crippen LogP contribution >= 0.6 is 0 Å². The zero-order chi connectivity index (χ0) is 15.1. The van der Waals surface area contributed by atoms with Gasteiger partial charge in [-0.3, -0.25) is 0 Å². The number of hydrogen-bond donors (Lipinski definition) is 2. The van der Waals surface area contributed by atoms with Crippen LogP contribution in [0.4, 0.5) is 0 Å². The molecule has 0 spiro atoms. The maximum Gasteiger partial charge on any atom is 0.101 e. The predicted octanol–water partition coefficient (Wildman–Crippen LogP) is -0.211. The molecule has 2 N–H and O–H groups in total. The summed E-state index contributed by atoms with van der Waals surface area (Å²) in [6, 6.07) is 8.41. The van der Waals surface area contributed by atoms with Crippen LogP contribution in [-0.4, -0.2) is 24.8 Å². The number of quaternary nitrogens is 1. The molecule has 1 fully saturated rings. The zero-order valence-corrected chi connectivity index (χ0v) is 12.8. The minimum absolute atomic E-state index is 0.201. The smallest absolute Gasteiger partial charge is 0.101 e. The van der Waals surface area contributed by atoms with Gasteiger partial charge in [0.05, 0.1) is 12.2 Å². The molecule has 0 radical (unpaired) electrons. The van der Waals surface area contributed by atoms with E-state index in [1.807, 2.05) is 6.08 Å². The van der Waals surface area contributed by atoms with Crippen molar-refractivity contribution in [3.05, 3.63) is 47.5 Å². The van der Waals surface area contributed by atoms with Gasteiger partial charge in [0.15, 0.2) is 0 Å². The Morgan fingerprint density at radius 1 is 1.41 bits per heavy atom. The summed E-state index contributed by atoms with van der Waals surface area (Å²) < 4.78 is 0. The first kappa shape index (κ1) is 13.8. The van der Waals surface area contributed by atoms with Crippen LogP contribution in [0.2, 0.25) is 0 Å². The third kappa shape index (κ3) is 2.04. The lowest BCUT2D eigenvalue weighted by molar-refractivity contribution is -0.825. The molecule has 0 amide bonds. The van der Waals surface area contributed by atoms with Gasteiger partial charge in [-0.25, -0.2) is 0 Å². The van der Waals surface area contributed by atoms with E-state index < -0.39 is 0 Å². The molecular weight excluding hydrogens is 272 g/mol. The lowest BCUT2D eigenvalue weighted by atomic mass is 9.82. The summed E-state index contributed by atoms with van der Waals surface area (Å²) in [7, 11) is 0. The fraction of sp³-hybridized carbons (Fsp3) is 0.368. The Morgan fingerprint density at radius 3 is 3.09 bits per heavy atom. The molecule has 0 aliphatic carbocycles. The quantitative estimate of drug-likeness (QED) is 0.769. The second kappa shape index (κ2) is 5.41. The van der Waals surface area contributed by atoms with Gasteiger partial charge in [-0.1, -0.05) is 35.7 Å². The number of nitrogens with zero attached hydrogens (tertiary/aromatic N) is 1. The van der Waals surface area contributed by atoms with Gasteiger partial charge in [-0.15, -0.1) is 12.1 Å². The summed E-state index contributed by atoms with van der Waals surface area (Å²) in [6.07, 6.45) is 6.44. The Balaban J connectivity index is 1.86. The molecule has 2 aliphatic rings. The van der Waals surface area contributed by atoms with Gasteiger partial charge in [0, 0.05) is 25.4 Å². The Morgan fingerprint density at radius 2 is 2.27 bits per heavy atom. The minimum atomic E-state index is 0.201. The van der Waals surface area contributed by atoms with Crippen LogP contribution in [0.15, 0.2) is 36.9 Å². The van der Waals surface area contributed by atoms with E-state index >= 15 is 0 Å². The van der Waals surface area contributed by atoms with Crippen LogP contribution in [-0.2, 0) is 0 Å². The molecule has 3 unspecified atom stereocenters. The molecule has 4 rings (SSSR count). The van der Waals surface area contributed by atoms with E-state index in [-0.39, 0.29) is 12.5 Å². The molecular formula is C19H22N2O. The van der Waals surface area contributed by atoms with E-state index in [2.05, 4.69) is 36.9 Å². The molecule has 0 saturated carbocycles. The van der Waals surface area contributed by atoms with Gasteiger partial charge in [-0.05, 0) is 22.6 Å². The van der Waals surface area contributed by atoms with Crippen molar-refractivity contribution >= 4 is 22.7 Å². The first-order chi connectivity index (χ1) is 10.8. The van der Waals surface area contributed by atoms with Crippen LogP contribution in [0.1, 0.15) is 12.8 Å². The Bertz CT molecular complexity index is 833. The van der Waals surface area contributed by atoms with Crippen LogP contribution in [0.25, 0.3) is 22.7 Å². The van der Waals surface area contributed by atoms with Gasteiger partial charge in [-0.2, -0.15) is 0 Å². The summed E-state index contributed by atoms with van der Waals surface area (Å²) in [5.41, 5.74) is 2.53. The maximum absolute atomic E-state index is 9.57. The second-order valence-corrected chi connectivity index (χ2v) is 6.47. The molecule has 3 heterocycles. The fourth-order valence-electron chi connectivity index (χ4n) is 4.06. The molecule has 114 valence electrons. The van der Waals surface area contributed by atoms with Crippen molar-refractivity contribution in [1.29, 1.82) is 0 Å². The van der Waals surface area contributed by atoms with Crippen molar-refractivity contribution in [2.75, 3.05) is 19.7 Å². The van der Waals surface area contributed by atoms with Gasteiger partial charge < -0.3 is 15.0 Å². The lowest BCUT2D eigenvalue weighted by Crippen LogP contribution is -3.12. The number of aliphatic hydroxyl groups is 1. The van der Waals surface area contributed by atoms with Crippen LogP contribution in [0.5, 0.6) is 0 Å². The topological polar surface area (TPSA) is 38.8 Å². The van der Waals surface area contributed by atoms with Crippen molar-refractivity contribution in [2.24, 2.45) is 11.8 Å². The highest BCUT2D eigenvalue weighted by molar-refractivity contribution is 5.81. The third-order valence-electron chi connectivity index (χ3n) is 5.35. The molecule has 1 aromatic carbocycles. The van der Waals surface area contributed by atoms with Gasteiger partial charge >= 0.3 is 0 Å². The molecule has 2 aromatic rings. The van der Waals surface area contributed by atoms with Crippen LogP contribution in [0.3, 0.4) is 0 Å². The average molecular weight is 294 g/mol. The standard InChI is InChI=1S/C19H21N2O/c1-2-13(12-22)14-7-9-21-10-8-16-15-5-3-4-6-17(15)20-19(16)18(21)11-14/h2-6,8,13-14,22H,1,7,9-12H2/q-1/p+1. The number of piperidine rings is 1. The average Bonchev–Trinajstić information content (AvgIpc) is 2.95. The second-order valence-electron chi connectivity index (χ2n) is 6.47. The molecule has 3 nitrogen and oxygen atoms in total. The molecule has 0 bridgehead atoms. The van der Waals surface area contributed by atoms with Crippen LogP contribution < -0.4 is 20.5 Å². The predicted molar refractivity (Wildman–Crippen MR) is 88.6 cm³/mol. The van der Waals surface area contributed by atoms with Gasteiger partial charge in [0.2, 0.25) is 0 Å². The number of nitrogens with one attached hydrogen (secondary N) is 1. The molecule has 22 heavy (non-hydrogen) atoms. The van der Waals surface area contributed by atoms with Crippen molar-refractivity contribution in [3.8, 4) is 0 Å². The van der Waals surface area contributed by atoms with Gasteiger partial charge in [0.25, 0.3) is 0 Å². The van der Waals surface area contributed by atoms with E-state index in [0.29, 0.717) is 5.92 Å². The van der Waals surface area contributed by atoms with Crippen molar-refractivity contribution < 1.29 is 10.0 Å². The Labute approximate surface area is 130 Å². The highest BCUT2D eigenvalue weighted by atomic mass is 16.3. The zero-order valence-electron chi connectivity index (χ0n) is 12.8. The van der Waals surface area contributed by atoms with Crippen molar-refractivity contribution in [3.63, 3.8) is 0 Å². The summed E-state index contributed by atoms with van der Waals surface area (Å²) in [4.78, 5) is 6.45. The van der Waals surface area contributed by atoms with E-state index in [1.54, 1.807) is 4.90 Å². The van der Waals surface area contributed by atoms with E-state index in [1.165, 1.54) is 21.7 Å². The molecule has 3 atom stereocenters. The fourth-order valence-corrected chi connectivity index (χ4v) is 4.06. The third-order valence-corrected chi connectivity index (χ3v) is 5.35. The minimum Gasteiger partial charge on any atom is -0.652 e. The summed E-state index contributed by atoms with van der Waals surface area (Å²) in [5, 5.41) is 13.3. The summed E-state index contributed by atoms with van der Waals surface area (Å²) in [5.74, 6) is 0.694. The van der Waals surface area contributed by atoms with Crippen molar-refractivity contribution in [1.82, 2.24) is 4.98 Å². The number of rotatable bonds is 3. The Hall–Kier alpha value is -1.84. The monoisotopic (exact) mass is 294 g/mol. The normalized spacial score (nSPS) is 25.2. The molecule has 2 aliphatic heterocycles. The van der Waals surface area contributed by atoms with E-state index in [9.17, 15) is 5.11 Å². The number of aliphatic hydroxyl groups excluding tert-OH is 1. The highest BCUT2D eigenvalue weighted by Crippen LogP contribution is 2.25. The lowest BCUT2D eigenvalue weighted by Gasteiger charge is -2.35. The van der Waals surface area contributed by atoms with Gasteiger partial charge in [0.1, 0.15) is 6.54 Å². The van der Waals surface area contributed by atoms with E-state index in [0.717, 1.165) is 31.4 Å². The van der Waals surface area contributed by atoms with Crippen molar-refractivity contribution in [2.45, 2.75) is 12.8 Å². The SMILES string of the molecule is C=CC(CO)C1CC[NH+]2CC=c3c([n-]c4ccccc34)=C2C1. The molecule has 1 saturated heterocycles. The number of hydrogen-bond acceptors (Lipinski definition) is 1. The number of fused-ring (bicyclic) bond motifs is 4. The number of benzene rings is 1. The highest BCUT2D eigenvalue weighted by Gasteiger charge is 2.31. The summed E-state index contributed by atoms with van der Waals surface area (Å²) in [6.45, 7) is 6.28.